The molecule has 33 heavy (non-hydrogen) atoms. The van der Waals surface area contributed by atoms with E-state index >= 15 is 0 Å². The SMILES string of the molecule is CCC(=O)N1CCC[C@@H](n2nc(-c3cn(-c4cc(Br)ccc4O)nn3)c3c(N)ncnc32)C1. The molecule has 1 aromatic carbocycles. The number of nitrogens with two attached hydrogens (primary N) is 1. The third-order valence-corrected chi connectivity index (χ3v) is 6.33. The third-order valence-electron chi connectivity index (χ3n) is 5.84. The van der Waals surface area contributed by atoms with E-state index in [4.69, 9.17) is 10.8 Å². The fourth-order valence-electron chi connectivity index (χ4n) is 4.20. The van der Waals surface area contributed by atoms with Gasteiger partial charge >= 0.3 is 0 Å². The lowest BCUT2D eigenvalue weighted by atomic mass is 10.1. The lowest BCUT2D eigenvalue weighted by Gasteiger charge is -2.32. The first-order chi connectivity index (χ1) is 16.0. The van der Waals surface area contributed by atoms with Crippen LogP contribution in [-0.2, 0) is 4.79 Å². The van der Waals surface area contributed by atoms with Gasteiger partial charge in [-0.15, -0.1) is 5.10 Å². The number of rotatable bonds is 4. The van der Waals surface area contributed by atoms with Gasteiger partial charge in [-0.3, -0.25) is 4.79 Å². The summed E-state index contributed by atoms with van der Waals surface area (Å²) in [6, 6.07) is 5.01. The molecule has 3 aromatic heterocycles. The van der Waals surface area contributed by atoms with Gasteiger partial charge in [-0.2, -0.15) is 5.10 Å². The highest BCUT2D eigenvalue weighted by molar-refractivity contribution is 9.10. The second kappa shape index (κ2) is 8.43. The van der Waals surface area contributed by atoms with Crippen molar-refractivity contribution in [3.05, 3.63) is 35.2 Å². The molecule has 1 fully saturated rings. The Kier molecular flexibility index (Phi) is 5.44. The van der Waals surface area contributed by atoms with Gasteiger partial charge in [-0.1, -0.05) is 28.1 Å². The molecule has 0 aliphatic carbocycles. The Hall–Kier alpha value is -3.54. The van der Waals surface area contributed by atoms with Gasteiger partial charge in [0.2, 0.25) is 5.91 Å². The van der Waals surface area contributed by atoms with Crippen molar-refractivity contribution in [3.8, 4) is 22.8 Å². The standard InChI is InChI=1S/C21H22BrN9O2/c1-2-17(33)29-7-3-4-13(9-29)31-21-18(20(23)24-11-25-21)19(27-31)14-10-30(28-26-14)15-8-12(22)5-6-16(15)32/h5-6,8,10-11,13,32H,2-4,7,9H2,1H3,(H2,23,24,25)/t13-/m1/s1. The number of nitrogen functional groups attached to an aromatic ring is 1. The van der Waals surface area contributed by atoms with Crippen molar-refractivity contribution in [2.45, 2.75) is 32.2 Å². The summed E-state index contributed by atoms with van der Waals surface area (Å²) in [7, 11) is 0. The van der Waals surface area contributed by atoms with Gasteiger partial charge in [0, 0.05) is 24.0 Å². The zero-order chi connectivity index (χ0) is 23.1. The summed E-state index contributed by atoms with van der Waals surface area (Å²) in [6.07, 6.45) is 5.30. The molecule has 1 atom stereocenters. The molecule has 0 unspecified atom stereocenters. The van der Waals surface area contributed by atoms with Crippen molar-refractivity contribution in [3.63, 3.8) is 0 Å². The maximum atomic E-state index is 12.3. The average molecular weight is 512 g/mol. The number of halogens is 1. The normalized spacial score (nSPS) is 16.4. The van der Waals surface area contributed by atoms with Gasteiger partial charge in [0.25, 0.3) is 0 Å². The third kappa shape index (κ3) is 3.80. The first kappa shape index (κ1) is 21.3. The Bertz CT molecular complexity index is 1350. The number of benzene rings is 1. The van der Waals surface area contributed by atoms with E-state index in [9.17, 15) is 9.90 Å². The van der Waals surface area contributed by atoms with Crippen molar-refractivity contribution in [2.24, 2.45) is 0 Å². The highest BCUT2D eigenvalue weighted by Crippen LogP contribution is 2.34. The number of carbonyl (C=O) groups is 1. The molecule has 1 aliphatic rings. The highest BCUT2D eigenvalue weighted by Gasteiger charge is 2.29. The second-order valence-corrected chi connectivity index (χ2v) is 8.84. The first-order valence-electron chi connectivity index (χ1n) is 10.6. The molecule has 3 N–H and O–H groups in total. The monoisotopic (exact) mass is 511 g/mol. The lowest BCUT2D eigenvalue weighted by molar-refractivity contribution is -0.132. The molecule has 0 spiro atoms. The Morgan fingerprint density at radius 2 is 2.18 bits per heavy atom. The zero-order valence-electron chi connectivity index (χ0n) is 17.9. The minimum absolute atomic E-state index is 0.0380. The summed E-state index contributed by atoms with van der Waals surface area (Å²) >= 11 is 3.41. The van der Waals surface area contributed by atoms with E-state index in [2.05, 4.69) is 36.2 Å². The fourth-order valence-corrected chi connectivity index (χ4v) is 4.55. The Morgan fingerprint density at radius 1 is 1.33 bits per heavy atom. The highest BCUT2D eigenvalue weighted by atomic mass is 79.9. The summed E-state index contributed by atoms with van der Waals surface area (Å²) in [5, 5.41) is 24.1. The van der Waals surface area contributed by atoms with E-state index in [1.807, 2.05) is 16.5 Å². The zero-order valence-corrected chi connectivity index (χ0v) is 19.5. The number of aromatic hydroxyl groups is 1. The molecule has 11 nitrogen and oxygen atoms in total. The summed E-state index contributed by atoms with van der Waals surface area (Å²) < 4.78 is 4.10. The summed E-state index contributed by atoms with van der Waals surface area (Å²) in [5.74, 6) is 0.483. The Labute approximate surface area is 197 Å². The van der Waals surface area contributed by atoms with E-state index in [1.54, 1.807) is 24.4 Å². The van der Waals surface area contributed by atoms with Gasteiger partial charge in [-0.25, -0.2) is 19.3 Å². The number of phenols is 1. The van der Waals surface area contributed by atoms with Crippen molar-refractivity contribution < 1.29 is 9.90 Å². The number of anilines is 1. The van der Waals surface area contributed by atoms with Crippen LogP contribution in [0.15, 0.2) is 35.2 Å². The number of hydrogen-bond acceptors (Lipinski definition) is 8. The van der Waals surface area contributed by atoms with E-state index < -0.39 is 0 Å². The van der Waals surface area contributed by atoms with Crippen LogP contribution in [0.2, 0.25) is 0 Å². The van der Waals surface area contributed by atoms with Crippen LogP contribution >= 0.6 is 15.9 Å². The van der Waals surface area contributed by atoms with Crippen molar-refractivity contribution in [2.75, 3.05) is 18.8 Å². The number of carbonyl (C=O) groups excluding carboxylic acids is 1. The first-order valence-corrected chi connectivity index (χ1v) is 11.4. The number of piperidine rings is 1. The number of hydrogen-bond donors (Lipinski definition) is 2. The van der Waals surface area contributed by atoms with Crippen molar-refractivity contribution in [1.29, 1.82) is 0 Å². The molecule has 1 saturated heterocycles. The molecule has 5 rings (SSSR count). The Morgan fingerprint density at radius 3 is 3.00 bits per heavy atom. The number of fused-ring (bicyclic) bond motifs is 1. The van der Waals surface area contributed by atoms with Crippen LogP contribution in [-0.4, -0.2) is 63.7 Å². The smallest absolute Gasteiger partial charge is 0.222 e. The van der Waals surface area contributed by atoms with E-state index in [0.717, 1.165) is 23.9 Å². The predicted octanol–water partition coefficient (Wildman–Crippen LogP) is 2.70. The quantitative estimate of drug-likeness (QED) is 0.425. The summed E-state index contributed by atoms with van der Waals surface area (Å²) in [5.41, 5.74) is 8.26. The fraction of sp³-hybridized carbons (Fsp3) is 0.333. The van der Waals surface area contributed by atoms with Crippen LogP contribution in [0.4, 0.5) is 5.82 Å². The molecule has 12 heteroatoms. The van der Waals surface area contributed by atoms with E-state index in [-0.39, 0.29) is 17.7 Å². The van der Waals surface area contributed by atoms with E-state index in [0.29, 0.717) is 46.9 Å². The minimum atomic E-state index is -0.0380. The molecule has 0 bridgehead atoms. The van der Waals surface area contributed by atoms with Gasteiger partial charge in [0.1, 0.15) is 35.0 Å². The van der Waals surface area contributed by atoms with Crippen LogP contribution in [0, 0.1) is 0 Å². The number of phenolic OH excluding ortho intramolecular Hbond substituents is 1. The molecular weight excluding hydrogens is 490 g/mol. The van der Waals surface area contributed by atoms with Crippen LogP contribution in [0.25, 0.3) is 28.1 Å². The van der Waals surface area contributed by atoms with Gasteiger partial charge in [0.15, 0.2) is 5.65 Å². The topological polar surface area (TPSA) is 141 Å². The predicted molar refractivity (Wildman–Crippen MR) is 125 cm³/mol. The average Bonchev–Trinajstić information content (AvgIpc) is 3.46. The lowest BCUT2D eigenvalue weighted by Crippen LogP contribution is -2.40. The Balaban J connectivity index is 1.59. The second-order valence-electron chi connectivity index (χ2n) is 7.92. The van der Waals surface area contributed by atoms with Gasteiger partial charge in [0.05, 0.1) is 17.6 Å². The number of aromatic nitrogens is 7. The van der Waals surface area contributed by atoms with Crippen LogP contribution in [0.3, 0.4) is 0 Å². The molecule has 0 saturated carbocycles. The summed E-state index contributed by atoms with van der Waals surface area (Å²) in [6.45, 7) is 3.18. The molecule has 1 aliphatic heterocycles. The number of amides is 1. The molecule has 170 valence electrons. The van der Waals surface area contributed by atoms with Crippen LogP contribution in [0.1, 0.15) is 32.2 Å². The van der Waals surface area contributed by atoms with E-state index in [1.165, 1.54) is 11.0 Å². The molecule has 0 radical (unpaired) electrons. The van der Waals surface area contributed by atoms with Crippen molar-refractivity contribution in [1.82, 2.24) is 39.6 Å². The summed E-state index contributed by atoms with van der Waals surface area (Å²) in [4.78, 5) is 22.8. The van der Waals surface area contributed by atoms with Gasteiger partial charge in [-0.05, 0) is 31.0 Å². The molecular formula is C21H22BrN9O2. The maximum absolute atomic E-state index is 12.3. The molecule has 4 heterocycles. The van der Waals surface area contributed by atoms with Crippen LogP contribution in [0.5, 0.6) is 5.75 Å². The van der Waals surface area contributed by atoms with Crippen molar-refractivity contribution >= 4 is 38.7 Å². The van der Waals surface area contributed by atoms with Crippen LogP contribution < -0.4 is 5.73 Å². The number of likely N-dealkylation sites (tertiary alicyclic amines) is 1. The number of nitrogens with zero attached hydrogens (tertiary/aromatic N) is 8. The molecule has 4 aromatic rings. The minimum Gasteiger partial charge on any atom is -0.506 e. The van der Waals surface area contributed by atoms with Gasteiger partial charge < -0.3 is 15.7 Å². The maximum Gasteiger partial charge on any atom is 0.222 e. The largest absolute Gasteiger partial charge is 0.506 e. The molecule has 1 amide bonds.